The second-order valence-corrected chi connectivity index (χ2v) is 5.95. The van der Waals surface area contributed by atoms with E-state index in [4.69, 9.17) is 9.47 Å². The van der Waals surface area contributed by atoms with Crippen molar-refractivity contribution in [1.29, 1.82) is 0 Å². The molecule has 5 heteroatoms. The fraction of sp³-hybridized carbons (Fsp3) is 1.00. The first-order chi connectivity index (χ1) is 10.1. The topological polar surface area (TPSA) is 79.2 Å². The van der Waals surface area contributed by atoms with Crippen LogP contribution in [0.5, 0.6) is 0 Å². The van der Waals surface area contributed by atoms with Gasteiger partial charge in [-0.25, -0.2) is 0 Å². The highest BCUT2D eigenvalue weighted by molar-refractivity contribution is 4.76. The number of hydrogen-bond donors (Lipinski definition) is 3. The lowest BCUT2D eigenvalue weighted by molar-refractivity contribution is -0.305. The van der Waals surface area contributed by atoms with Crippen LogP contribution in [0.1, 0.15) is 71.1 Å². The van der Waals surface area contributed by atoms with Gasteiger partial charge in [-0.05, 0) is 6.42 Å². The molecule has 0 radical (unpaired) electrons. The molecule has 2 unspecified atom stereocenters. The summed E-state index contributed by atoms with van der Waals surface area (Å²) in [4.78, 5) is 0. The Morgan fingerprint density at radius 1 is 0.905 bits per heavy atom. The van der Waals surface area contributed by atoms with Crippen LogP contribution in [0.4, 0.5) is 0 Å². The van der Waals surface area contributed by atoms with Crippen LogP contribution >= 0.6 is 0 Å². The molecule has 1 aliphatic rings. The molecule has 0 aromatic carbocycles. The van der Waals surface area contributed by atoms with Crippen molar-refractivity contribution in [2.75, 3.05) is 6.61 Å². The molecule has 0 saturated carbocycles. The molecule has 0 spiro atoms. The molecular weight excluding hydrogens is 272 g/mol. The summed E-state index contributed by atoms with van der Waals surface area (Å²) in [6.07, 6.45) is 7.28. The molecule has 0 amide bonds. The average molecular weight is 304 g/mol. The first-order valence-corrected chi connectivity index (χ1v) is 8.46. The summed E-state index contributed by atoms with van der Waals surface area (Å²) in [5.74, 6) is 0. The van der Waals surface area contributed by atoms with Crippen molar-refractivity contribution >= 4 is 0 Å². The zero-order valence-electron chi connectivity index (χ0n) is 13.2. The molecule has 4 atom stereocenters. The largest absolute Gasteiger partial charge is 0.390 e. The Kier molecular flexibility index (Phi) is 10.2. The highest BCUT2D eigenvalue weighted by atomic mass is 16.7. The van der Waals surface area contributed by atoms with Crippen LogP contribution in [0.3, 0.4) is 0 Å². The lowest BCUT2D eigenvalue weighted by Gasteiger charge is -2.33. The number of aliphatic hydroxyl groups is 3. The highest BCUT2D eigenvalue weighted by Crippen LogP contribution is 2.20. The normalized spacial score (nSPS) is 29.7. The van der Waals surface area contributed by atoms with Crippen LogP contribution in [0.15, 0.2) is 0 Å². The third-order valence-electron chi connectivity index (χ3n) is 3.96. The molecule has 1 heterocycles. The Labute approximate surface area is 128 Å². The van der Waals surface area contributed by atoms with Crippen molar-refractivity contribution in [1.82, 2.24) is 0 Å². The van der Waals surface area contributed by atoms with Crippen LogP contribution in [0, 0.1) is 0 Å². The molecule has 0 bridgehead atoms. The van der Waals surface area contributed by atoms with E-state index in [0.717, 1.165) is 12.8 Å². The monoisotopic (exact) mass is 304 g/mol. The molecule has 0 aliphatic carbocycles. The molecule has 0 aromatic rings. The minimum absolute atomic E-state index is 0.204. The first-order valence-electron chi connectivity index (χ1n) is 8.46. The van der Waals surface area contributed by atoms with E-state index < -0.39 is 24.8 Å². The molecule has 126 valence electrons. The van der Waals surface area contributed by atoms with Crippen molar-refractivity contribution < 1.29 is 24.8 Å². The summed E-state index contributed by atoms with van der Waals surface area (Å²) in [5.41, 5.74) is 0. The zero-order chi connectivity index (χ0) is 15.5. The summed E-state index contributed by atoms with van der Waals surface area (Å²) >= 11 is 0. The number of rotatable bonds is 11. The van der Waals surface area contributed by atoms with E-state index in [1.165, 1.54) is 44.9 Å². The Morgan fingerprint density at radius 3 is 2.05 bits per heavy atom. The van der Waals surface area contributed by atoms with E-state index in [1.807, 2.05) is 0 Å². The molecule has 5 nitrogen and oxygen atoms in total. The zero-order valence-corrected chi connectivity index (χ0v) is 13.2. The fourth-order valence-electron chi connectivity index (χ4n) is 2.55. The first kappa shape index (κ1) is 18.8. The minimum atomic E-state index is -1.36. The van der Waals surface area contributed by atoms with Crippen LogP contribution < -0.4 is 0 Å². The summed E-state index contributed by atoms with van der Waals surface area (Å²) in [5, 5.41) is 28.2. The Morgan fingerprint density at radius 2 is 1.48 bits per heavy atom. The standard InChI is InChI=1S/C16H32O5/c1-2-3-4-5-6-7-8-9-10-11-20-14-12-13(17)15(18)16(19)21-14/h13-19H,2-12H2,1H3/t13-,14?,15+,16?/m0/s1. The van der Waals surface area contributed by atoms with Crippen molar-refractivity contribution in [2.24, 2.45) is 0 Å². The quantitative estimate of drug-likeness (QED) is 0.511. The molecule has 1 aliphatic heterocycles. The predicted octanol–water partition coefficient (Wildman–Crippen LogP) is 2.32. The van der Waals surface area contributed by atoms with Gasteiger partial charge in [-0.15, -0.1) is 0 Å². The van der Waals surface area contributed by atoms with E-state index >= 15 is 0 Å². The second-order valence-electron chi connectivity index (χ2n) is 5.95. The van der Waals surface area contributed by atoms with Gasteiger partial charge < -0.3 is 24.8 Å². The van der Waals surface area contributed by atoms with Gasteiger partial charge in [-0.1, -0.05) is 58.3 Å². The SMILES string of the molecule is CCCCCCCCCCCOC1C[C@H](O)[C@@H](O)C(O)O1. The van der Waals surface area contributed by atoms with Gasteiger partial charge in [0.2, 0.25) is 0 Å². The minimum Gasteiger partial charge on any atom is -0.390 e. The van der Waals surface area contributed by atoms with E-state index in [9.17, 15) is 15.3 Å². The lowest BCUT2D eigenvalue weighted by Crippen LogP contribution is -2.48. The molecule has 1 rings (SSSR count). The number of hydrogen-bond acceptors (Lipinski definition) is 5. The van der Waals surface area contributed by atoms with Crippen LogP contribution in [-0.4, -0.2) is 46.7 Å². The molecular formula is C16H32O5. The molecule has 21 heavy (non-hydrogen) atoms. The van der Waals surface area contributed by atoms with Gasteiger partial charge in [0.1, 0.15) is 6.10 Å². The Hall–Kier alpha value is -0.200. The summed E-state index contributed by atoms with van der Waals surface area (Å²) in [6, 6.07) is 0. The molecule has 3 N–H and O–H groups in total. The maximum Gasteiger partial charge on any atom is 0.186 e. The van der Waals surface area contributed by atoms with Gasteiger partial charge in [0.15, 0.2) is 12.6 Å². The number of aliphatic hydroxyl groups excluding tert-OH is 3. The van der Waals surface area contributed by atoms with E-state index in [-0.39, 0.29) is 6.42 Å². The average Bonchev–Trinajstić information content (AvgIpc) is 2.46. The van der Waals surface area contributed by atoms with Crippen LogP contribution in [0.2, 0.25) is 0 Å². The van der Waals surface area contributed by atoms with E-state index in [2.05, 4.69) is 6.92 Å². The number of ether oxygens (including phenoxy) is 2. The third kappa shape index (κ3) is 8.12. The summed E-state index contributed by atoms with van der Waals surface area (Å²) < 4.78 is 10.6. The predicted molar refractivity (Wildman–Crippen MR) is 80.7 cm³/mol. The van der Waals surface area contributed by atoms with Gasteiger partial charge in [0, 0.05) is 13.0 Å². The molecule has 0 aromatic heterocycles. The maximum atomic E-state index is 9.51. The van der Waals surface area contributed by atoms with Gasteiger partial charge in [-0.3, -0.25) is 0 Å². The smallest absolute Gasteiger partial charge is 0.186 e. The highest BCUT2D eigenvalue weighted by Gasteiger charge is 2.35. The second kappa shape index (κ2) is 11.4. The van der Waals surface area contributed by atoms with Crippen LogP contribution in [0.25, 0.3) is 0 Å². The molecule has 1 saturated heterocycles. The van der Waals surface area contributed by atoms with Crippen molar-refractivity contribution in [2.45, 2.75) is 95.9 Å². The van der Waals surface area contributed by atoms with Gasteiger partial charge in [0.05, 0.1) is 6.10 Å². The van der Waals surface area contributed by atoms with E-state index in [1.54, 1.807) is 0 Å². The van der Waals surface area contributed by atoms with Crippen molar-refractivity contribution in [3.05, 3.63) is 0 Å². The number of unbranched alkanes of at least 4 members (excludes halogenated alkanes) is 8. The lowest BCUT2D eigenvalue weighted by atomic mass is 10.1. The van der Waals surface area contributed by atoms with Gasteiger partial charge >= 0.3 is 0 Å². The molecule has 1 fully saturated rings. The van der Waals surface area contributed by atoms with Crippen molar-refractivity contribution in [3.8, 4) is 0 Å². The van der Waals surface area contributed by atoms with Crippen LogP contribution in [-0.2, 0) is 9.47 Å². The summed E-state index contributed by atoms with van der Waals surface area (Å²) in [6.45, 7) is 2.80. The van der Waals surface area contributed by atoms with Gasteiger partial charge in [0.25, 0.3) is 0 Å². The van der Waals surface area contributed by atoms with Crippen molar-refractivity contribution in [3.63, 3.8) is 0 Å². The fourth-order valence-corrected chi connectivity index (χ4v) is 2.55. The Bertz CT molecular complexity index is 237. The third-order valence-corrected chi connectivity index (χ3v) is 3.96. The Balaban J connectivity index is 1.90. The van der Waals surface area contributed by atoms with Gasteiger partial charge in [-0.2, -0.15) is 0 Å². The summed E-state index contributed by atoms with van der Waals surface area (Å²) in [7, 11) is 0. The van der Waals surface area contributed by atoms with E-state index in [0.29, 0.717) is 6.61 Å². The maximum absolute atomic E-state index is 9.51.